The van der Waals surface area contributed by atoms with Crippen LogP contribution < -0.4 is 5.32 Å². The molecule has 0 spiro atoms. The van der Waals surface area contributed by atoms with E-state index in [-0.39, 0.29) is 12.3 Å². The molecule has 7 heteroatoms. The van der Waals surface area contributed by atoms with Gasteiger partial charge in [0.15, 0.2) is 5.82 Å². The normalized spacial score (nSPS) is 17.4. The molecule has 2 N–H and O–H groups in total. The molecule has 2 rings (SSSR count). The Kier molecular flexibility index (Phi) is 4.93. The largest absolute Gasteiger partial charge is 0.480 e. The maximum Gasteiger partial charge on any atom is 0.329 e. The summed E-state index contributed by atoms with van der Waals surface area (Å²) in [6.07, 6.45) is 5.07. The van der Waals surface area contributed by atoms with Crippen molar-refractivity contribution in [3.05, 3.63) is 11.7 Å². The second-order valence-electron chi connectivity index (χ2n) is 5.58. The van der Waals surface area contributed by atoms with Crippen LogP contribution in [0.15, 0.2) is 4.52 Å². The fourth-order valence-corrected chi connectivity index (χ4v) is 2.72. The van der Waals surface area contributed by atoms with Gasteiger partial charge in [0.2, 0.25) is 11.8 Å². The predicted octanol–water partition coefficient (Wildman–Crippen LogP) is 1.60. The molecule has 7 nitrogen and oxygen atoms in total. The van der Waals surface area contributed by atoms with Crippen molar-refractivity contribution >= 4 is 11.9 Å². The maximum absolute atomic E-state index is 12.0. The van der Waals surface area contributed by atoms with E-state index in [1.807, 2.05) is 0 Å². The van der Waals surface area contributed by atoms with Gasteiger partial charge in [0, 0.05) is 12.8 Å². The van der Waals surface area contributed by atoms with Crippen LogP contribution >= 0.6 is 0 Å². The minimum absolute atomic E-state index is 0.226. The van der Waals surface area contributed by atoms with Crippen molar-refractivity contribution < 1.29 is 19.2 Å². The molecule has 116 valence electrons. The summed E-state index contributed by atoms with van der Waals surface area (Å²) in [7, 11) is 0. The first-order chi connectivity index (χ1) is 10.0. The van der Waals surface area contributed by atoms with Gasteiger partial charge in [0.1, 0.15) is 5.54 Å². The summed E-state index contributed by atoms with van der Waals surface area (Å²) < 4.78 is 4.97. The van der Waals surface area contributed by atoms with Gasteiger partial charge >= 0.3 is 5.97 Å². The van der Waals surface area contributed by atoms with Crippen LogP contribution in [0.1, 0.15) is 56.7 Å². The molecule has 0 atom stereocenters. The van der Waals surface area contributed by atoms with E-state index in [0.717, 1.165) is 19.3 Å². The summed E-state index contributed by atoms with van der Waals surface area (Å²) in [6.45, 7) is 1.74. The van der Waals surface area contributed by atoms with E-state index in [1.54, 1.807) is 6.92 Å². The highest BCUT2D eigenvalue weighted by Gasteiger charge is 2.40. The van der Waals surface area contributed by atoms with Gasteiger partial charge in [-0.25, -0.2) is 4.79 Å². The molecule has 1 aromatic heterocycles. The molecule has 0 saturated heterocycles. The SMILES string of the molecule is Cc1noc(CCCC(=O)NC2(C(=O)O)CCCCC2)n1. The van der Waals surface area contributed by atoms with Crippen molar-refractivity contribution in [2.75, 3.05) is 0 Å². The summed E-state index contributed by atoms with van der Waals surface area (Å²) in [6, 6.07) is 0. The van der Waals surface area contributed by atoms with Crippen LogP contribution in [0, 0.1) is 6.92 Å². The number of carboxylic acids is 1. The predicted molar refractivity (Wildman–Crippen MR) is 73.6 cm³/mol. The van der Waals surface area contributed by atoms with E-state index >= 15 is 0 Å². The first kappa shape index (κ1) is 15.5. The first-order valence-electron chi connectivity index (χ1n) is 7.35. The van der Waals surface area contributed by atoms with Crippen molar-refractivity contribution in [3.8, 4) is 0 Å². The number of amides is 1. The van der Waals surface area contributed by atoms with Crippen LogP contribution in [0.3, 0.4) is 0 Å². The third kappa shape index (κ3) is 4.03. The number of hydrogen-bond donors (Lipinski definition) is 2. The number of carbonyl (C=O) groups excluding carboxylic acids is 1. The Morgan fingerprint density at radius 1 is 1.33 bits per heavy atom. The van der Waals surface area contributed by atoms with E-state index in [0.29, 0.717) is 37.4 Å². The Balaban J connectivity index is 1.81. The number of aromatic nitrogens is 2. The van der Waals surface area contributed by atoms with Crippen LogP contribution in [0.5, 0.6) is 0 Å². The lowest BCUT2D eigenvalue weighted by atomic mass is 9.81. The number of carboxylic acid groups (broad SMARTS) is 1. The Morgan fingerprint density at radius 3 is 2.62 bits per heavy atom. The van der Waals surface area contributed by atoms with E-state index in [4.69, 9.17) is 4.52 Å². The molecule has 1 saturated carbocycles. The van der Waals surface area contributed by atoms with Gasteiger partial charge in [0.25, 0.3) is 0 Å². The monoisotopic (exact) mass is 295 g/mol. The van der Waals surface area contributed by atoms with Crippen molar-refractivity contribution in [2.45, 2.75) is 63.8 Å². The highest BCUT2D eigenvalue weighted by atomic mass is 16.5. The zero-order valence-corrected chi connectivity index (χ0v) is 12.2. The Morgan fingerprint density at radius 2 is 2.05 bits per heavy atom. The molecule has 1 amide bonds. The number of rotatable bonds is 6. The molecule has 21 heavy (non-hydrogen) atoms. The number of carbonyl (C=O) groups is 2. The van der Waals surface area contributed by atoms with Gasteiger partial charge in [-0.3, -0.25) is 4.79 Å². The van der Waals surface area contributed by atoms with Gasteiger partial charge in [-0.1, -0.05) is 24.4 Å². The van der Waals surface area contributed by atoms with Gasteiger partial charge in [0.05, 0.1) is 0 Å². The fraction of sp³-hybridized carbons (Fsp3) is 0.714. The van der Waals surface area contributed by atoms with Crippen molar-refractivity contribution in [2.24, 2.45) is 0 Å². The minimum Gasteiger partial charge on any atom is -0.480 e. The molecule has 0 unspecified atom stereocenters. The van der Waals surface area contributed by atoms with Crippen LogP contribution in [0.25, 0.3) is 0 Å². The minimum atomic E-state index is -1.07. The summed E-state index contributed by atoms with van der Waals surface area (Å²) in [4.78, 5) is 27.5. The fourth-order valence-electron chi connectivity index (χ4n) is 2.72. The lowest BCUT2D eigenvalue weighted by Crippen LogP contribution is -2.55. The summed E-state index contributed by atoms with van der Waals surface area (Å²) in [5.74, 6) is -0.0778. The summed E-state index contributed by atoms with van der Waals surface area (Å²) in [5.41, 5.74) is -1.07. The molecule has 1 heterocycles. The second kappa shape index (κ2) is 6.69. The number of aliphatic carboxylic acids is 1. The number of aryl methyl sites for hydroxylation is 2. The zero-order valence-electron chi connectivity index (χ0n) is 12.2. The molecule has 0 aliphatic heterocycles. The standard InChI is InChI=1S/C14H21N3O4/c1-10-15-12(21-17-10)7-5-6-11(18)16-14(13(19)20)8-3-2-4-9-14/h2-9H2,1H3,(H,16,18)(H,19,20). The Labute approximate surface area is 123 Å². The maximum atomic E-state index is 12.0. The summed E-state index contributed by atoms with van der Waals surface area (Å²) >= 11 is 0. The van der Waals surface area contributed by atoms with Crippen LogP contribution in [0.4, 0.5) is 0 Å². The van der Waals surface area contributed by atoms with Crippen molar-refractivity contribution in [3.63, 3.8) is 0 Å². The van der Waals surface area contributed by atoms with Crippen molar-refractivity contribution in [1.29, 1.82) is 0 Å². The average molecular weight is 295 g/mol. The third-order valence-electron chi connectivity index (χ3n) is 3.86. The van der Waals surface area contributed by atoms with Crippen LogP contribution in [0.2, 0.25) is 0 Å². The molecule has 1 fully saturated rings. The first-order valence-corrected chi connectivity index (χ1v) is 7.35. The molecular formula is C14H21N3O4. The number of nitrogens with one attached hydrogen (secondary N) is 1. The molecule has 1 aliphatic carbocycles. The topological polar surface area (TPSA) is 105 Å². The van der Waals surface area contributed by atoms with Crippen LogP contribution in [-0.2, 0) is 16.0 Å². The smallest absolute Gasteiger partial charge is 0.329 e. The molecule has 0 aromatic carbocycles. The highest BCUT2D eigenvalue weighted by Crippen LogP contribution is 2.28. The molecule has 1 aromatic rings. The van der Waals surface area contributed by atoms with Crippen molar-refractivity contribution in [1.82, 2.24) is 15.5 Å². The molecule has 1 aliphatic rings. The lowest BCUT2D eigenvalue weighted by Gasteiger charge is -2.34. The summed E-state index contributed by atoms with van der Waals surface area (Å²) in [5, 5.41) is 15.8. The second-order valence-corrected chi connectivity index (χ2v) is 5.58. The van der Waals surface area contributed by atoms with Gasteiger partial charge in [-0.2, -0.15) is 4.98 Å². The van der Waals surface area contributed by atoms with E-state index < -0.39 is 11.5 Å². The zero-order chi connectivity index (χ0) is 15.3. The van der Waals surface area contributed by atoms with Crippen LogP contribution in [-0.4, -0.2) is 32.7 Å². The van der Waals surface area contributed by atoms with Gasteiger partial charge in [-0.15, -0.1) is 0 Å². The highest BCUT2D eigenvalue weighted by molar-refractivity contribution is 5.87. The quantitative estimate of drug-likeness (QED) is 0.826. The van der Waals surface area contributed by atoms with E-state index in [1.165, 1.54) is 0 Å². The lowest BCUT2D eigenvalue weighted by molar-refractivity contribution is -0.149. The van der Waals surface area contributed by atoms with E-state index in [2.05, 4.69) is 15.5 Å². The average Bonchev–Trinajstić information content (AvgIpc) is 2.85. The van der Waals surface area contributed by atoms with E-state index in [9.17, 15) is 14.7 Å². The Bertz CT molecular complexity index is 506. The van der Waals surface area contributed by atoms with Gasteiger partial charge < -0.3 is 14.9 Å². The van der Waals surface area contributed by atoms with Gasteiger partial charge in [-0.05, 0) is 26.2 Å². The molecule has 0 radical (unpaired) electrons. The Hall–Kier alpha value is -1.92. The third-order valence-corrected chi connectivity index (χ3v) is 3.86. The molecular weight excluding hydrogens is 274 g/mol. The number of nitrogens with zero attached hydrogens (tertiary/aromatic N) is 2. The number of hydrogen-bond acceptors (Lipinski definition) is 5. The molecule has 0 bridgehead atoms.